The molecular weight excluding hydrogens is 312 g/mol. The van der Waals surface area contributed by atoms with Crippen molar-refractivity contribution in [2.24, 2.45) is 0 Å². The van der Waals surface area contributed by atoms with Crippen molar-refractivity contribution >= 4 is 11.6 Å². The normalized spacial score (nSPS) is 10.7. The molecule has 0 atom stereocenters. The summed E-state index contributed by atoms with van der Waals surface area (Å²) in [7, 11) is 0. The highest BCUT2D eigenvalue weighted by molar-refractivity contribution is 6.30. The maximum atomic E-state index is 13.1. The standard InChI is InChI=1S/C16H10ClF2NO2/c17-11-3-1-10(2-4-11)15-8-20-16(22-15)9-21-12-5-6-13(18)14(19)7-12/h1-8H,9H2. The Kier molecular flexibility index (Phi) is 4.06. The van der Waals surface area contributed by atoms with Gasteiger partial charge < -0.3 is 9.15 Å². The van der Waals surface area contributed by atoms with Crippen molar-refractivity contribution in [3.63, 3.8) is 0 Å². The number of oxazole rings is 1. The number of aromatic nitrogens is 1. The summed E-state index contributed by atoms with van der Waals surface area (Å²) in [6, 6.07) is 10.4. The maximum Gasteiger partial charge on any atom is 0.232 e. The van der Waals surface area contributed by atoms with Crippen LogP contribution in [0, 0.1) is 11.6 Å². The molecule has 1 aromatic heterocycles. The van der Waals surface area contributed by atoms with Crippen molar-refractivity contribution in [2.75, 3.05) is 0 Å². The molecule has 6 heteroatoms. The minimum atomic E-state index is -0.966. The van der Waals surface area contributed by atoms with Gasteiger partial charge in [0.25, 0.3) is 0 Å². The zero-order chi connectivity index (χ0) is 15.5. The van der Waals surface area contributed by atoms with Crippen molar-refractivity contribution in [1.29, 1.82) is 0 Å². The van der Waals surface area contributed by atoms with Crippen LogP contribution in [-0.2, 0) is 6.61 Å². The van der Waals surface area contributed by atoms with Crippen LogP contribution < -0.4 is 4.74 Å². The number of benzene rings is 2. The van der Waals surface area contributed by atoms with Crippen LogP contribution in [0.3, 0.4) is 0 Å². The lowest BCUT2D eigenvalue weighted by Crippen LogP contribution is -1.96. The molecule has 3 rings (SSSR count). The van der Waals surface area contributed by atoms with Crippen LogP contribution in [-0.4, -0.2) is 4.98 Å². The molecule has 0 saturated heterocycles. The summed E-state index contributed by atoms with van der Waals surface area (Å²) in [5.74, 6) is -0.791. The number of ether oxygens (including phenoxy) is 1. The molecule has 3 nitrogen and oxygen atoms in total. The summed E-state index contributed by atoms with van der Waals surface area (Å²) in [6.07, 6.45) is 1.56. The largest absolute Gasteiger partial charge is 0.484 e. The zero-order valence-electron chi connectivity index (χ0n) is 11.2. The van der Waals surface area contributed by atoms with E-state index in [4.69, 9.17) is 20.8 Å². The van der Waals surface area contributed by atoms with Crippen LogP contribution in [0.15, 0.2) is 53.1 Å². The Morgan fingerprint density at radius 3 is 2.55 bits per heavy atom. The topological polar surface area (TPSA) is 35.3 Å². The maximum absolute atomic E-state index is 13.1. The first-order valence-electron chi connectivity index (χ1n) is 6.40. The Morgan fingerprint density at radius 2 is 1.82 bits per heavy atom. The van der Waals surface area contributed by atoms with E-state index in [9.17, 15) is 8.78 Å². The molecule has 3 aromatic rings. The molecule has 0 N–H and O–H groups in total. The van der Waals surface area contributed by atoms with Gasteiger partial charge in [0.2, 0.25) is 5.89 Å². The van der Waals surface area contributed by atoms with Gasteiger partial charge in [0.1, 0.15) is 5.75 Å². The third kappa shape index (κ3) is 3.26. The van der Waals surface area contributed by atoms with Crippen LogP contribution >= 0.6 is 11.6 Å². The van der Waals surface area contributed by atoms with Gasteiger partial charge in [-0.15, -0.1) is 0 Å². The average molecular weight is 322 g/mol. The molecule has 0 bridgehead atoms. The Hall–Kier alpha value is -2.40. The van der Waals surface area contributed by atoms with Gasteiger partial charge >= 0.3 is 0 Å². The van der Waals surface area contributed by atoms with Gasteiger partial charge in [-0.25, -0.2) is 13.8 Å². The van der Waals surface area contributed by atoms with Gasteiger partial charge in [-0.05, 0) is 36.4 Å². The fourth-order valence-corrected chi connectivity index (χ4v) is 1.96. The van der Waals surface area contributed by atoms with E-state index in [1.54, 1.807) is 18.3 Å². The van der Waals surface area contributed by atoms with E-state index in [0.717, 1.165) is 17.7 Å². The molecule has 22 heavy (non-hydrogen) atoms. The molecule has 0 aliphatic carbocycles. The van der Waals surface area contributed by atoms with Crippen molar-refractivity contribution in [2.45, 2.75) is 6.61 Å². The third-order valence-electron chi connectivity index (χ3n) is 2.94. The van der Waals surface area contributed by atoms with Crippen molar-refractivity contribution < 1.29 is 17.9 Å². The van der Waals surface area contributed by atoms with Gasteiger partial charge in [0.05, 0.1) is 6.20 Å². The van der Waals surface area contributed by atoms with E-state index in [0.29, 0.717) is 16.7 Å². The lowest BCUT2D eigenvalue weighted by Gasteiger charge is -2.03. The van der Waals surface area contributed by atoms with Gasteiger partial charge in [0.15, 0.2) is 24.0 Å². The minimum Gasteiger partial charge on any atom is -0.484 e. The number of halogens is 3. The second kappa shape index (κ2) is 6.15. The number of hydrogen-bond acceptors (Lipinski definition) is 3. The van der Waals surface area contributed by atoms with Crippen LogP contribution in [0.4, 0.5) is 8.78 Å². The summed E-state index contributed by atoms with van der Waals surface area (Å²) in [4.78, 5) is 4.08. The predicted molar refractivity (Wildman–Crippen MR) is 77.6 cm³/mol. The van der Waals surface area contributed by atoms with E-state index in [1.165, 1.54) is 6.07 Å². The summed E-state index contributed by atoms with van der Waals surface area (Å²) in [6.45, 7) is 0.0126. The van der Waals surface area contributed by atoms with Crippen LogP contribution in [0.5, 0.6) is 5.75 Å². The fraction of sp³-hybridized carbons (Fsp3) is 0.0625. The van der Waals surface area contributed by atoms with Crippen molar-refractivity contribution in [3.05, 3.63) is 71.2 Å². The molecular formula is C16H10ClF2NO2. The van der Waals surface area contributed by atoms with E-state index in [2.05, 4.69) is 4.98 Å². The summed E-state index contributed by atoms with van der Waals surface area (Å²) < 4.78 is 36.7. The average Bonchev–Trinajstić information content (AvgIpc) is 2.98. The summed E-state index contributed by atoms with van der Waals surface area (Å²) in [5.41, 5.74) is 0.830. The molecule has 0 radical (unpaired) electrons. The Morgan fingerprint density at radius 1 is 1.05 bits per heavy atom. The van der Waals surface area contributed by atoms with E-state index in [1.807, 2.05) is 12.1 Å². The molecule has 0 saturated carbocycles. The quantitative estimate of drug-likeness (QED) is 0.689. The Balaban J connectivity index is 1.69. The van der Waals surface area contributed by atoms with Crippen LogP contribution in [0.25, 0.3) is 11.3 Å². The second-order valence-corrected chi connectivity index (χ2v) is 4.93. The lowest BCUT2D eigenvalue weighted by atomic mass is 10.2. The number of nitrogens with zero attached hydrogens (tertiary/aromatic N) is 1. The first-order valence-corrected chi connectivity index (χ1v) is 6.78. The minimum absolute atomic E-state index is 0.0126. The SMILES string of the molecule is Fc1ccc(OCc2ncc(-c3ccc(Cl)cc3)o2)cc1F. The first kappa shape index (κ1) is 14.5. The third-order valence-corrected chi connectivity index (χ3v) is 3.19. The molecule has 0 unspecified atom stereocenters. The monoisotopic (exact) mass is 321 g/mol. The van der Waals surface area contributed by atoms with Crippen LogP contribution in [0.2, 0.25) is 5.02 Å². The molecule has 1 heterocycles. The van der Waals surface area contributed by atoms with Gasteiger partial charge in [-0.3, -0.25) is 0 Å². The van der Waals surface area contributed by atoms with Crippen molar-refractivity contribution in [1.82, 2.24) is 4.98 Å². The zero-order valence-corrected chi connectivity index (χ0v) is 12.0. The molecule has 2 aromatic carbocycles. The predicted octanol–water partition coefficient (Wildman–Crippen LogP) is 4.85. The summed E-state index contributed by atoms with van der Waals surface area (Å²) >= 11 is 5.82. The van der Waals surface area contributed by atoms with E-state index in [-0.39, 0.29) is 12.4 Å². The fourth-order valence-electron chi connectivity index (χ4n) is 1.84. The first-order chi connectivity index (χ1) is 10.6. The summed E-state index contributed by atoms with van der Waals surface area (Å²) in [5, 5.41) is 0.630. The molecule has 0 aliphatic heterocycles. The highest BCUT2D eigenvalue weighted by Gasteiger charge is 2.08. The number of rotatable bonds is 4. The molecule has 0 spiro atoms. The van der Waals surface area contributed by atoms with E-state index < -0.39 is 11.6 Å². The molecule has 0 fully saturated rings. The Labute approximate surface area is 130 Å². The lowest BCUT2D eigenvalue weighted by molar-refractivity contribution is 0.263. The van der Waals surface area contributed by atoms with Gasteiger partial charge in [-0.2, -0.15) is 0 Å². The van der Waals surface area contributed by atoms with Gasteiger partial charge in [-0.1, -0.05) is 11.6 Å². The van der Waals surface area contributed by atoms with E-state index >= 15 is 0 Å². The van der Waals surface area contributed by atoms with Crippen molar-refractivity contribution in [3.8, 4) is 17.1 Å². The highest BCUT2D eigenvalue weighted by atomic mass is 35.5. The second-order valence-electron chi connectivity index (χ2n) is 4.49. The molecule has 112 valence electrons. The molecule has 0 amide bonds. The van der Waals surface area contributed by atoms with Crippen LogP contribution in [0.1, 0.15) is 5.89 Å². The smallest absolute Gasteiger partial charge is 0.232 e. The Bertz CT molecular complexity index is 787. The van der Waals surface area contributed by atoms with Gasteiger partial charge in [0, 0.05) is 16.7 Å². The highest BCUT2D eigenvalue weighted by Crippen LogP contribution is 2.23. The molecule has 0 aliphatic rings. The number of hydrogen-bond donors (Lipinski definition) is 0.